The van der Waals surface area contributed by atoms with E-state index in [1.54, 1.807) is 4.57 Å². The molecule has 0 spiro atoms. The number of aryl methyl sites for hydroxylation is 1. The Bertz CT molecular complexity index is 1690. The Morgan fingerprint density at radius 1 is 0.765 bits per heavy atom. The number of pyridine rings is 1. The number of rotatable bonds is 7. The molecule has 0 radical (unpaired) electrons. The van der Waals surface area contributed by atoms with Crippen LogP contribution in [0.5, 0.6) is 0 Å². The SMILES string of the molecule is O=c1c2ccccc2c2ccc3ccccc3c2n1CCCCNS(=O)(=O)c1cccc(F)c1. The fraction of sp³-hybridized carbons (Fsp3) is 0.148. The van der Waals surface area contributed by atoms with Gasteiger partial charge < -0.3 is 4.57 Å². The van der Waals surface area contributed by atoms with Crippen molar-refractivity contribution in [1.82, 2.24) is 9.29 Å². The van der Waals surface area contributed by atoms with Gasteiger partial charge in [0.2, 0.25) is 10.0 Å². The number of halogens is 1. The highest BCUT2D eigenvalue weighted by Crippen LogP contribution is 2.29. The monoisotopic (exact) mass is 474 g/mol. The predicted molar refractivity (Wildman–Crippen MR) is 134 cm³/mol. The van der Waals surface area contributed by atoms with E-state index < -0.39 is 15.8 Å². The maximum atomic E-state index is 13.4. The van der Waals surface area contributed by atoms with Gasteiger partial charge in [0.05, 0.1) is 10.4 Å². The van der Waals surface area contributed by atoms with Gasteiger partial charge >= 0.3 is 0 Å². The van der Waals surface area contributed by atoms with Crippen molar-refractivity contribution in [1.29, 1.82) is 0 Å². The van der Waals surface area contributed by atoms with Crippen LogP contribution < -0.4 is 10.3 Å². The molecule has 34 heavy (non-hydrogen) atoms. The number of sulfonamides is 1. The number of hydrogen-bond acceptors (Lipinski definition) is 3. The molecular weight excluding hydrogens is 451 g/mol. The van der Waals surface area contributed by atoms with Crippen LogP contribution in [-0.2, 0) is 16.6 Å². The molecule has 0 bridgehead atoms. The Kier molecular flexibility index (Phi) is 5.89. The average molecular weight is 475 g/mol. The number of hydrogen-bond donors (Lipinski definition) is 1. The van der Waals surface area contributed by atoms with Crippen LogP contribution in [0.25, 0.3) is 32.4 Å². The average Bonchev–Trinajstić information content (AvgIpc) is 2.85. The van der Waals surface area contributed by atoms with E-state index in [2.05, 4.69) is 16.9 Å². The van der Waals surface area contributed by atoms with E-state index in [4.69, 9.17) is 0 Å². The molecular formula is C27H23FN2O3S. The molecule has 0 aliphatic carbocycles. The van der Waals surface area contributed by atoms with Crippen LogP contribution in [0.15, 0.2) is 94.6 Å². The van der Waals surface area contributed by atoms with Crippen molar-refractivity contribution in [2.45, 2.75) is 24.3 Å². The fourth-order valence-electron chi connectivity index (χ4n) is 4.45. The van der Waals surface area contributed by atoms with Crippen LogP contribution in [0.2, 0.25) is 0 Å². The zero-order valence-electron chi connectivity index (χ0n) is 18.4. The number of fused-ring (bicyclic) bond motifs is 5. The summed E-state index contributed by atoms with van der Waals surface area (Å²) in [5.74, 6) is -0.599. The first-order valence-electron chi connectivity index (χ1n) is 11.1. The van der Waals surface area contributed by atoms with Gasteiger partial charge in [0.25, 0.3) is 5.56 Å². The summed E-state index contributed by atoms with van der Waals surface area (Å²) in [6.07, 6.45) is 1.13. The molecule has 0 unspecified atom stereocenters. The van der Waals surface area contributed by atoms with Crippen molar-refractivity contribution < 1.29 is 12.8 Å². The molecule has 7 heteroatoms. The zero-order chi connectivity index (χ0) is 23.7. The number of unbranched alkanes of at least 4 members (excludes halogenated alkanes) is 1. The Labute approximate surface area is 196 Å². The van der Waals surface area contributed by atoms with Gasteiger partial charge in [-0.3, -0.25) is 4.79 Å². The van der Waals surface area contributed by atoms with Gasteiger partial charge in [0, 0.05) is 29.2 Å². The Balaban J connectivity index is 1.43. The lowest BCUT2D eigenvalue weighted by Crippen LogP contribution is -2.26. The number of nitrogens with zero attached hydrogens (tertiary/aromatic N) is 1. The molecule has 5 aromatic rings. The lowest BCUT2D eigenvalue weighted by atomic mass is 10.0. The van der Waals surface area contributed by atoms with Gasteiger partial charge in [-0.15, -0.1) is 0 Å². The van der Waals surface area contributed by atoms with Crippen LogP contribution >= 0.6 is 0 Å². The first kappa shape index (κ1) is 22.3. The molecule has 0 aliphatic heterocycles. The largest absolute Gasteiger partial charge is 0.307 e. The van der Waals surface area contributed by atoms with Crippen molar-refractivity contribution in [2.24, 2.45) is 0 Å². The van der Waals surface area contributed by atoms with Gasteiger partial charge in [-0.05, 0) is 47.9 Å². The van der Waals surface area contributed by atoms with Crippen LogP contribution in [0, 0.1) is 5.82 Å². The zero-order valence-corrected chi connectivity index (χ0v) is 19.2. The van der Waals surface area contributed by atoms with E-state index in [1.807, 2.05) is 48.5 Å². The summed E-state index contributed by atoms with van der Waals surface area (Å²) in [6.45, 7) is 0.649. The van der Waals surface area contributed by atoms with Gasteiger partial charge in [0.1, 0.15) is 5.82 Å². The smallest absolute Gasteiger partial charge is 0.258 e. The van der Waals surface area contributed by atoms with E-state index in [0.717, 1.165) is 33.1 Å². The summed E-state index contributed by atoms with van der Waals surface area (Å²) in [5, 5.41) is 4.67. The van der Waals surface area contributed by atoms with Gasteiger partial charge in [-0.2, -0.15) is 0 Å². The summed E-state index contributed by atoms with van der Waals surface area (Å²) in [4.78, 5) is 13.3. The van der Waals surface area contributed by atoms with E-state index in [-0.39, 0.29) is 17.0 Å². The lowest BCUT2D eigenvalue weighted by molar-refractivity contribution is 0.564. The third-order valence-corrected chi connectivity index (χ3v) is 7.53. The first-order valence-corrected chi connectivity index (χ1v) is 12.6. The highest BCUT2D eigenvalue weighted by Gasteiger charge is 2.15. The molecule has 1 aromatic heterocycles. The summed E-state index contributed by atoms with van der Waals surface area (Å²) in [6, 6.07) is 24.7. The van der Waals surface area contributed by atoms with Crippen LogP contribution in [0.3, 0.4) is 0 Å². The number of nitrogens with one attached hydrogen (secondary N) is 1. The molecule has 0 saturated carbocycles. The van der Waals surface area contributed by atoms with Crippen LogP contribution in [-0.4, -0.2) is 19.5 Å². The van der Waals surface area contributed by atoms with Crippen LogP contribution in [0.1, 0.15) is 12.8 Å². The molecule has 1 N–H and O–H groups in total. The second kappa shape index (κ2) is 9.00. The highest BCUT2D eigenvalue weighted by molar-refractivity contribution is 7.89. The summed E-state index contributed by atoms with van der Waals surface area (Å²) in [7, 11) is -3.79. The molecule has 0 fully saturated rings. The van der Waals surface area contributed by atoms with Gasteiger partial charge in [-0.1, -0.05) is 60.7 Å². The normalized spacial score (nSPS) is 12.0. The fourth-order valence-corrected chi connectivity index (χ4v) is 5.55. The Morgan fingerprint density at radius 3 is 2.29 bits per heavy atom. The summed E-state index contributed by atoms with van der Waals surface area (Å²) < 4.78 is 42.5. The molecule has 4 aromatic carbocycles. The van der Waals surface area contributed by atoms with Crippen molar-refractivity contribution in [3.8, 4) is 0 Å². The van der Waals surface area contributed by atoms with E-state index in [9.17, 15) is 17.6 Å². The highest BCUT2D eigenvalue weighted by atomic mass is 32.2. The molecule has 0 amide bonds. The lowest BCUT2D eigenvalue weighted by Gasteiger charge is -2.15. The molecule has 172 valence electrons. The maximum absolute atomic E-state index is 13.4. The second-order valence-corrected chi connectivity index (χ2v) is 10.0. The third-order valence-electron chi connectivity index (χ3n) is 6.07. The maximum Gasteiger partial charge on any atom is 0.258 e. The van der Waals surface area contributed by atoms with Crippen molar-refractivity contribution in [2.75, 3.05) is 6.54 Å². The van der Waals surface area contributed by atoms with Crippen molar-refractivity contribution in [3.63, 3.8) is 0 Å². The van der Waals surface area contributed by atoms with E-state index >= 15 is 0 Å². The van der Waals surface area contributed by atoms with Crippen molar-refractivity contribution >= 4 is 42.5 Å². The molecule has 0 saturated heterocycles. The number of aromatic nitrogens is 1. The van der Waals surface area contributed by atoms with Crippen LogP contribution in [0.4, 0.5) is 4.39 Å². The molecule has 5 rings (SSSR count). The van der Waals surface area contributed by atoms with E-state index in [0.29, 0.717) is 24.8 Å². The van der Waals surface area contributed by atoms with E-state index in [1.165, 1.54) is 18.2 Å². The summed E-state index contributed by atoms with van der Waals surface area (Å²) >= 11 is 0. The minimum absolute atomic E-state index is 0.0557. The minimum atomic E-state index is -3.79. The Hall–Kier alpha value is -3.55. The molecule has 0 atom stereocenters. The molecule has 5 nitrogen and oxygen atoms in total. The van der Waals surface area contributed by atoms with Crippen molar-refractivity contribution in [3.05, 3.63) is 101 Å². The molecule has 1 heterocycles. The van der Waals surface area contributed by atoms with Gasteiger partial charge in [0.15, 0.2) is 0 Å². The first-order chi connectivity index (χ1) is 16.5. The number of benzene rings is 4. The molecule has 0 aliphatic rings. The summed E-state index contributed by atoms with van der Waals surface area (Å²) in [5.41, 5.74) is 0.835. The third kappa shape index (κ3) is 4.08. The quantitative estimate of drug-likeness (QED) is 0.260. The minimum Gasteiger partial charge on any atom is -0.307 e. The topological polar surface area (TPSA) is 68.2 Å². The predicted octanol–water partition coefficient (Wildman–Crippen LogP) is 5.21. The Morgan fingerprint density at radius 2 is 1.50 bits per heavy atom. The standard InChI is InChI=1S/C27H23FN2O3S/c28-20-9-7-10-21(18-20)34(32,33)29-16-5-6-17-30-26-22-11-2-1-8-19(22)14-15-24(26)23-12-3-4-13-25(23)27(30)31/h1-4,7-15,18,29H,5-6,16-17H2. The second-order valence-electron chi connectivity index (χ2n) is 8.25. The van der Waals surface area contributed by atoms with Gasteiger partial charge in [-0.25, -0.2) is 17.5 Å².